The molecule has 0 aliphatic heterocycles. The van der Waals surface area contributed by atoms with Crippen LogP contribution in [0.15, 0.2) is 30.5 Å². The number of aliphatic hydroxyl groups is 1. The predicted molar refractivity (Wildman–Crippen MR) is 80.4 cm³/mol. The number of aliphatic hydroxyl groups excluding tert-OH is 1. The lowest BCUT2D eigenvalue weighted by atomic mass is 10.0. The average molecular weight is 269 g/mol. The highest BCUT2D eigenvalue weighted by atomic mass is 16.3. The average Bonchev–Trinajstić information content (AvgIpc) is 2.51. The summed E-state index contributed by atoms with van der Waals surface area (Å²) in [6.07, 6.45) is 3.38. The van der Waals surface area contributed by atoms with E-state index in [1.807, 2.05) is 24.3 Å². The normalized spacial score (nSPS) is 12.1. The molecule has 0 radical (unpaired) electrons. The summed E-state index contributed by atoms with van der Waals surface area (Å²) in [7, 11) is 0. The Hall–Kier alpha value is -2.12. The zero-order chi connectivity index (χ0) is 14.4. The van der Waals surface area contributed by atoms with Gasteiger partial charge in [0.1, 0.15) is 6.07 Å². The van der Waals surface area contributed by atoms with Crippen LogP contribution < -0.4 is 5.32 Å². The van der Waals surface area contributed by atoms with Gasteiger partial charge in [0.05, 0.1) is 16.8 Å². The summed E-state index contributed by atoms with van der Waals surface area (Å²) in [4.78, 5) is 4.29. The lowest BCUT2D eigenvalue weighted by Gasteiger charge is -2.17. The first-order valence-electron chi connectivity index (χ1n) is 6.92. The van der Waals surface area contributed by atoms with Gasteiger partial charge in [-0.15, -0.1) is 0 Å². The number of hydrogen-bond donors (Lipinski definition) is 2. The number of anilines is 1. The number of nitrogens with one attached hydrogen (secondary N) is 1. The van der Waals surface area contributed by atoms with E-state index in [1.165, 1.54) is 0 Å². The summed E-state index contributed by atoms with van der Waals surface area (Å²) < 4.78 is 0. The van der Waals surface area contributed by atoms with E-state index in [9.17, 15) is 5.26 Å². The lowest BCUT2D eigenvalue weighted by molar-refractivity contribution is 0.258. The van der Waals surface area contributed by atoms with Crippen LogP contribution in [0.25, 0.3) is 10.9 Å². The lowest BCUT2D eigenvalue weighted by Crippen LogP contribution is -2.16. The number of benzene rings is 1. The van der Waals surface area contributed by atoms with Gasteiger partial charge in [-0.2, -0.15) is 5.26 Å². The van der Waals surface area contributed by atoms with Crippen LogP contribution in [0.2, 0.25) is 0 Å². The predicted octanol–water partition coefficient (Wildman–Crippen LogP) is 2.93. The van der Waals surface area contributed by atoms with E-state index < -0.39 is 0 Å². The van der Waals surface area contributed by atoms with Gasteiger partial charge < -0.3 is 10.4 Å². The van der Waals surface area contributed by atoms with Crippen molar-refractivity contribution < 1.29 is 5.11 Å². The first-order valence-corrected chi connectivity index (χ1v) is 6.92. The van der Waals surface area contributed by atoms with Crippen LogP contribution in [-0.4, -0.2) is 23.2 Å². The fraction of sp³-hybridized carbons (Fsp3) is 0.375. The Morgan fingerprint density at radius 1 is 1.40 bits per heavy atom. The third-order valence-electron chi connectivity index (χ3n) is 3.58. The second-order valence-corrected chi connectivity index (χ2v) is 4.84. The first-order chi connectivity index (χ1) is 9.80. The number of pyridine rings is 1. The monoisotopic (exact) mass is 269 g/mol. The van der Waals surface area contributed by atoms with Gasteiger partial charge in [-0.1, -0.05) is 31.5 Å². The highest BCUT2D eigenvalue weighted by Gasteiger charge is 2.11. The molecule has 0 spiro atoms. The zero-order valence-corrected chi connectivity index (χ0v) is 11.6. The van der Waals surface area contributed by atoms with E-state index in [1.54, 1.807) is 6.20 Å². The number of nitrogens with zero attached hydrogens (tertiary/aromatic N) is 2. The summed E-state index contributed by atoms with van der Waals surface area (Å²) in [5, 5.41) is 22.6. The van der Waals surface area contributed by atoms with Gasteiger partial charge in [-0.25, -0.2) is 0 Å². The molecule has 2 N–H and O–H groups in total. The van der Waals surface area contributed by atoms with Crippen molar-refractivity contribution >= 4 is 16.6 Å². The minimum absolute atomic E-state index is 0.197. The second kappa shape index (κ2) is 6.88. The van der Waals surface area contributed by atoms with Crippen molar-refractivity contribution in [3.8, 4) is 6.07 Å². The van der Waals surface area contributed by atoms with Crippen molar-refractivity contribution in [2.24, 2.45) is 5.92 Å². The van der Waals surface area contributed by atoms with Gasteiger partial charge >= 0.3 is 0 Å². The van der Waals surface area contributed by atoms with Gasteiger partial charge in [-0.3, -0.25) is 4.98 Å². The topological polar surface area (TPSA) is 68.9 Å². The highest BCUT2D eigenvalue weighted by molar-refractivity contribution is 5.93. The summed E-state index contributed by atoms with van der Waals surface area (Å²) in [5.74, 6) is 0.401. The maximum absolute atomic E-state index is 9.23. The number of hydrogen-bond acceptors (Lipinski definition) is 4. The van der Waals surface area contributed by atoms with Crippen LogP contribution in [-0.2, 0) is 0 Å². The maximum atomic E-state index is 9.23. The molecule has 4 heteroatoms. The van der Waals surface area contributed by atoms with Gasteiger partial charge in [0, 0.05) is 24.7 Å². The molecular formula is C16H19N3O. The molecule has 1 atom stereocenters. The zero-order valence-electron chi connectivity index (χ0n) is 11.6. The number of aromatic nitrogens is 1. The summed E-state index contributed by atoms with van der Waals surface area (Å²) in [5.41, 5.74) is 2.28. The molecule has 1 heterocycles. The van der Waals surface area contributed by atoms with Crippen molar-refractivity contribution in [3.63, 3.8) is 0 Å². The SMILES string of the molecule is CCC(CCO)CNc1c(C#N)cnc2ccccc12. The van der Waals surface area contributed by atoms with E-state index >= 15 is 0 Å². The summed E-state index contributed by atoms with van der Waals surface area (Å²) >= 11 is 0. The molecule has 0 saturated heterocycles. The third-order valence-corrected chi connectivity index (χ3v) is 3.58. The molecule has 0 amide bonds. The molecule has 0 saturated carbocycles. The van der Waals surface area contributed by atoms with Crippen molar-refractivity contribution in [3.05, 3.63) is 36.0 Å². The first kappa shape index (κ1) is 14.3. The minimum Gasteiger partial charge on any atom is -0.396 e. The maximum Gasteiger partial charge on any atom is 0.103 e. The van der Waals surface area contributed by atoms with Crippen LogP contribution in [0.4, 0.5) is 5.69 Å². The van der Waals surface area contributed by atoms with Crippen LogP contribution in [0.5, 0.6) is 0 Å². The molecule has 2 rings (SSSR count). The number of fused-ring (bicyclic) bond motifs is 1. The van der Waals surface area contributed by atoms with Crippen LogP contribution in [0.3, 0.4) is 0 Å². The second-order valence-electron chi connectivity index (χ2n) is 4.84. The molecule has 104 valence electrons. The van der Waals surface area contributed by atoms with Crippen molar-refractivity contribution in [2.45, 2.75) is 19.8 Å². The van der Waals surface area contributed by atoms with Crippen molar-refractivity contribution in [2.75, 3.05) is 18.5 Å². The van der Waals surface area contributed by atoms with E-state index in [0.29, 0.717) is 11.5 Å². The number of nitriles is 1. The molecule has 2 aromatic rings. The molecule has 4 nitrogen and oxygen atoms in total. The number of rotatable bonds is 6. The summed E-state index contributed by atoms with van der Waals surface area (Å²) in [6.45, 7) is 3.06. The molecule has 1 aromatic heterocycles. The van der Waals surface area contributed by atoms with Gasteiger partial charge in [0.25, 0.3) is 0 Å². The largest absolute Gasteiger partial charge is 0.396 e. The van der Waals surface area contributed by atoms with Crippen molar-refractivity contribution in [1.82, 2.24) is 4.98 Å². The summed E-state index contributed by atoms with van der Waals surface area (Å²) in [6, 6.07) is 9.98. The van der Waals surface area contributed by atoms with E-state index in [0.717, 1.165) is 36.0 Å². The Balaban J connectivity index is 2.30. The fourth-order valence-electron chi connectivity index (χ4n) is 2.30. The molecular weight excluding hydrogens is 250 g/mol. The Morgan fingerprint density at radius 3 is 2.90 bits per heavy atom. The van der Waals surface area contributed by atoms with E-state index in [-0.39, 0.29) is 6.61 Å². The molecule has 1 unspecified atom stereocenters. The van der Waals surface area contributed by atoms with Crippen LogP contribution in [0.1, 0.15) is 25.3 Å². The Morgan fingerprint density at radius 2 is 2.20 bits per heavy atom. The highest BCUT2D eigenvalue weighted by Crippen LogP contribution is 2.26. The minimum atomic E-state index is 0.197. The van der Waals surface area contributed by atoms with E-state index in [4.69, 9.17) is 5.11 Å². The quantitative estimate of drug-likeness (QED) is 0.846. The van der Waals surface area contributed by atoms with Gasteiger partial charge in [0.2, 0.25) is 0 Å². The Kier molecular flexibility index (Phi) is 4.91. The van der Waals surface area contributed by atoms with E-state index in [2.05, 4.69) is 23.3 Å². The molecule has 20 heavy (non-hydrogen) atoms. The van der Waals surface area contributed by atoms with Crippen molar-refractivity contribution in [1.29, 1.82) is 5.26 Å². The molecule has 0 fully saturated rings. The fourth-order valence-corrected chi connectivity index (χ4v) is 2.30. The molecule has 1 aromatic carbocycles. The van der Waals surface area contributed by atoms with Gasteiger partial charge in [0.15, 0.2) is 0 Å². The molecule has 0 bridgehead atoms. The third kappa shape index (κ3) is 3.06. The standard InChI is InChI=1S/C16H19N3O/c1-2-12(7-8-20)10-19-16-13(9-17)11-18-15-6-4-3-5-14(15)16/h3-6,11-12,20H,2,7-8,10H2,1H3,(H,18,19). The Labute approximate surface area is 119 Å². The number of para-hydroxylation sites is 1. The molecule has 0 aliphatic carbocycles. The molecule has 0 aliphatic rings. The van der Waals surface area contributed by atoms with Crippen LogP contribution >= 0.6 is 0 Å². The van der Waals surface area contributed by atoms with Gasteiger partial charge in [-0.05, 0) is 18.4 Å². The smallest absolute Gasteiger partial charge is 0.103 e. The Bertz CT molecular complexity index is 619. The van der Waals surface area contributed by atoms with Crippen LogP contribution in [0, 0.1) is 17.2 Å².